The van der Waals surface area contributed by atoms with Crippen molar-refractivity contribution in [1.82, 2.24) is 15.5 Å². The molecule has 0 radical (unpaired) electrons. The van der Waals surface area contributed by atoms with Crippen LogP contribution in [0.3, 0.4) is 0 Å². The van der Waals surface area contributed by atoms with Gasteiger partial charge in [-0.1, -0.05) is 32.0 Å². The molecule has 1 N–H and O–H groups in total. The van der Waals surface area contributed by atoms with E-state index in [0.717, 1.165) is 0 Å². The van der Waals surface area contributed by atoms with E-state index in [9.17, 15) is 9.59 Å². The molecule has 0 aliphatic rings. The predicted octanol–water partition coefficient (Wildman–Crippen LogP) is 2.59. The molecule has 1 aromatic carbocycles. The van der Waals surface area contributed by atoms with Crippen molar-refractivity contribution in [1.29, 1.82) is 0 Å². The molecule has 0 unspecified atom stereocenters. The van der Waals surface area contributed by atoms with Gasteiger partial charge in [-0.05, 0) is 30.2 Å². The zero-order valence-corrected chi connectivity index (χ0v) is 16.0. The van der Waals surface area contributed by atoms with Gasteiger partial charge in [0.15, 0.2) is 19.0 Å². The summed E-state index contributed by atoms with van der Waals surface area (Å²) < 4.78 is 21.2. The monoisotopic (exact) mass is 399 g/mol. The van der Waals surface area contributed by atoms with Crippen LogP contribution in [0.5, 0.6) is 5.75 Å². The zero-order valence-electron chi connectivity index (χ0n) is 16.0. The summed E-state index contributed by atoms with van der Waals surface area (Å²) in [6.45, 7) is 3.17. The van der Waals surface area contributed by atoms with E-state index in [1.54, 1.807) is 50.2 Å². The smallest absolute Gasteiger partial charge is 0.329 e. The summed E-state index contributed by atoms with van der Waals surface area (Å²) in [5.74, 6) is 0.0625. The third kappa shape index (κ3) is 5.68. The number of hydrogen-bond donors (Lipinski definition) is 1. The summed E-state index contributed by atoms with van der Waals surface area (Å²) in [6, 6.07) is 11.5. The molecule has 1 atom stereocenters. The highest BCUT2D eigenvalue weighted by Crippen LogP contribution is 2.18. The number of ether oxygens (including phenoxy) is 2. The van der Waals surface area contributed by atoms with Crippen molar-refractivity contribution in [3.8, 4) is 17.4 Å². The molecular formula is C20H21N3O6. The molecule has 0 spiro atoms. The minimum absolute atomic E-state index is 0.117. The van der Waals surface area contributed by atoms with Crippen molar-refractivity contribution in [2.75, 3.05) is 6.61 Å². The molecule has 0 fully saturated rings. The van der Waals surface area contributed by atoms with Crippen molar-refractivity contribution in [3.05, 3.63) is 54.6 Å². The highest BCUT2D eigenvalue weighted by molar-refractivity contribution is 5.85. The van der Waals surface area contributed by atoms with Crippen LogP contribution in [-0.4, -0.2) is 34.7 Å². The lowest BCUT2D eigenvalue weighted by Crippen LogP contribution is -2.46. The van der Waals surface area contributed by atoms with Crippen LogP contribution in [0.4, 0.5) is 0 Å². The fourth-order valence-corrected chi connectivity index (χ4v) is 2.41. The Morgan fingerprint density at radius 1 is 1.10 bits per heavy atom. The van der Waals surface area contributed by atoms with Gasteiger partial charge in [0.05, 0.1) is 6.26 Å². The van der Waals surface area contributed by atoms with Crippen molar-refractivity contribution in [2.24, 2.45) is 5.92 Å². The maximum absolute atomic E-state index is 12.4. The van der Waals surface area contributed by atoms with Gasteiger partial charge >= 0.3 is 5.97 Å². The molecule has 3 aromatic rings. The number of esters is 1. The Labute approximate surface area is 167 Å². The first-order chi connectivity index (χ1) is 14.0. The van der Waals surface area contributed by atoms with Crippen LogP contribution in [0.2, 0.25) is 0 Å². The van der Waals surface area contributed by atoms with Gasteiger partial charge in [0.1, 0.15) is 11.8 Å². The van der Waals surface area contributed by atoms with Crippen LogP contribution >= 0.6 is 0 Å². The van der Waals surface area contributed by atoms with E-state index < -0.39 is 17.9 Å². The second kappa shape index (κ2) is 9.54. The fraction of sp³-hybridized carbons (Fsp3) is 0.300. The van der Waals surface area contributed by atoms with Gasteiger partial charge in [-0.15, -0.1) is 10.2 Å². The standard InChI is InChI=1S/C20H21N3O6/c1-13(2)18(21-16(24)11-27-14-7-4-3-5-8-14)20(25)28-12-17-22-23-19(29-17)15-9-6-10-26-15/h3-10,13,18H,11-12H2,1-2H3,(H,21,24)/t18-/m0/s1. The maximum Gasteiger partial charge on any atom is 0.329 e. The molecule has 3 rings (SSSR count). The molecule has 2 heterocycles. The molecule has 9 nitrogen and oxygen atoms in total. The highest BCUT2D eigenvalue weighted by Gasteiger charge is 2.26. The number of rotatable bonds is 9. The Morgan fingerprint density at radius 2 is 1.90 bits per heavy atom. The summed E-state index contributed by atoms with van der Waals surface area (Å²) in [4.78, 5) is 24.6. The van der Waals surface area contributed by atoms with Crippen LogP contribution in [-0.2, 0) is 20.9 Å². The van der Waals surface area contributed by atoms with E-state index in [1.807, 2.05) is 6.07 Å². The Morgan fingerprint density at radius 3 is 2.59 bits per heavy atom. The van der Waals surface area contributed by atoms with Crippen LogP contribution < -0.4 is 10.1 Å². The van der Waals surface area contributed by atoms with Crippen LogP contribution in [0.15, 0.2) is 57.6 Å². The molecule has 0 bridgehead atoms. The lowest BCUT2D eigenvalue weighted by molar-refractivity contribution is -0.151. The largest absolute Gasteiger partial charge is 0.484 e. The lowest BCUT2D eigenvalue weighted by atomic mass is 10.0. The molecule has 29 heavy (non-hydrogen) atoms. The van der Waals surface area contributed by atoms with Crippen molar-refractivity contribution in [3.63, 3.8) is 0 Å². The number of amides is 1. The molecule has 9 heteroatoms. The molecule has 0 saturated heterocycles. The van der Waals surface area contributed by atoms with E-state index in [2.05, 4.69) is 15.5 Å². The third-order valence-corrected chi connectivity index (χ3v) is 3.89. The van der Waals surface area contributed by atoms with Crippen LogP contribution in [0.1, 0.15) is 19.7 Å². The molecule has 1 amide bonds. The molecule has 2 aromatic heterocycles. The second-order valence-corrected chi connectivity index (χ2v) is 6.48. The van der Waals surface area contributed by atoms with Gasteiger partial charge in [-0.25, -0.2) is 4.79 Å². The summed E-state index contributed by atoms with van der Waals surface area (Å²) >= 11 is 0. The number of nitrogens with one attached hydrogen (secondary N) is 1. The van der Waals surface area contributed by atoms with E-state index in [-0.39, 0.29) is 30.9 Å². The average molecular weight is 399 g/mol. The number of benzene rings is 1. The quantitative estimate of drug-likeness (QED) is 0.546. The van der Waals surface area contributed by atoms with Gasteiger partial charge in [0, 0.05) is 0 Å². The second-order valence-electron chi connectivity index (χ2n) is 6.48. The first kappa shape index (κ1) is 20.1. The molecular weight excluding hydrogens is 378 g/mol. The van der Waals surface area contributed by atoms with E-state index in [0.29, 0.717) is 11.5 Å². The predicted molar refractivity (Wildman–Crippen MR) is 101 cm³/mol. The minimum atomic E-state index is -0.839. The SMILES string of the molecule is CC(C)[C@H](NC(=O)COc1ccccc1)C(=O)OCc1nnc(-c2ccco2)o1. The fourth-order valence-electron chi connectivity index (χ4n) is 2.41. The first-order valence-electron chi connectivity index (χ1n) is 9.03. The van der Waals surface area contributed by atoms with Crippen LogP contribution in [0, 0.1) is 5.92 Å². The minimum Gasteiger partial charge on any atom is -0.484 e. The van der Waals surface area contributed by atoms with E-state index >= 15 is 0 Å². The van der Waals surface area contributed by atoms with Gasteiger partial charge in [-0.2, -0.15) is 0 Å². The molecule has 0 aliphatic heterocycles. The molecule has 0 aliphatic carbocycles. The van der Waals surface area contributed by atoms with Crippen molar-refractivity contribution in [2.45, 2.75) is 26.5 Å². The van der Waals surface area contributed by atoms with Gasteiger partial charge < -0.3 is 23.6 Å². The average Bonchev–Trinajstić information content (AvgIpc) is 3.41. The van der Waals surface area contributed by atoms with E-state index in [4.69, 9.17) is 18.3 Å². The Balaban J connectivity index is 1.50. The Bertz CT molecular complexity index is 921. The number of carbonyl (C=O) groups excluding carboxylic acids is 2. The first-order valence-corrected chi connectivity index (χ1v) is 9.03. The number of hydrogen-bond acceptors (Lipinski definition) is 8. The van der Waals surface area contributed by atoms with E-state index in [1.165, 1.54) is 6.26 Å². The Hall–Kier alpha value is -3.62. The maximum atomic E-state index is 12.4. The zero-order chi connectivity index (χ0) is 20.6. The number of furan rings is 1. The van der Waals surface area contributed by atoms with Crippen LogP contribution in [0.25, 0.3) is 11.7 Å². The third-order valence-electron chi connectivity index (χ3n) is 3.89. The van der Waals surface area contributed by atoms with Gasteiger partial charge in [0.25, 0.3) is 17.7 Å². The van der Waals surface area contributed by atoms with Crippen molar-refractivity contribution < 1.29 is 27.9 Å². The number of para-hydroxylation sites is 1. The molecule has 152 valence electrons. The summed E-state index contributed by atoms with van der Waals surface area (Å²) in [5, 5.41) is 10.3. The normalized spacial score (nSPS) is 11.8. The summed E-state index contributed by atoms with van der Waals surface area (Å²) in [6.07, 6.45) is 1.48. The molecule has 0 saturated carbocycles. The summed E-state index contributed by atoms with van der Waals surface area (Å²) in [5.41, 5.74) is 0. The summed E-state index contributed by atoms with van der Waals surface area (Å²) in [7, 11) is 0. The van der Waals surface area contributed by atoms with Gasteiger partial charge in [-0.3, -0.25) is 4.79 Å². The highest BCUT2D eigenvalue weighted by atomic mass is 16.5. The van der Waals surface area contributed by atoms with Gasteiger partial charge in [0.2, 0.25) is 0 Å². The lowest BCUT2D eigenvalue weighted by Gasteiger charge is -2.20. The topological polar surface area (TPSA) is 117 Å². The number of nitrogens with zero attached hydrogens (tertiary/aromatic N) is 2. The van der Waals surface area contributed by atoms with Crippen molar-refractivity contribution >= 4 is 11.9 Å². The number of carbonyl (C=O) groups is 2. The Kier molecular flexibility index (Phi) is 6.62. The number of aromatic nitrogens is 2.